The van der Waals surface area contributed by atoms with Crippen molar-refractivity contribution in [3.8, 4) is 12.3 Å². The number of aryl methyl sites for hydroxylation is 1. The Balaban J connectivity index is 1.69. The predicted molar refractivity (Wildman–Crippen MR) is 107 cm³/mol. The Labute approximate surface area is 148 Å². The number of hydrogen-bond acceptors (Lipinski definition) is 2. The molecule has 0 saturated carbocycles. The molecule has 0 amide bonds. The molecule has 0 N–H and O–H groups in total. The van der Waals surface area contributed by atoms with E-state index >= 15 is 0 Å². The molecule has 0 saturated heterocycles. The molecule has 0 radical (unpaired) electrons. The Morgan fingerprint density at radius 3 is 1.88 bits per heavy atom. The summed E-state index contributed by atoms with van der Waals surface area (Å²) in [6, 6.07) is 23.8. The van der Waals surface area contributed by atoms with E-state index in [1.165, 1.54) is 5.56 Å². The first-order chi connectivity index (χ1) is 12.2. The monoisotopic (exact) mass is 322 g/mol. The molecule has 2 heteroatoms. The molecule has 0 aliphatic rings. The van der Waals surface area contributed by atoms with Gasteiger partial charge in [-0.15, -0.1) is 6.42 Å². The minimum atomic E-state index is 0.831. The predicted octanol–water partition coefficient (Wildman–Crippen LogP) is 5.48. The van der Waals surface area contributed by atoms with Gasteiger partial charge in [0.25, 0.3) is 0 Å². The first kappa shape index (κ1) is 16.4. The number of benzene rings is 3. The van der Waals surface area contributed by atoms with Crippen LogP contribution in [0.15, 0.2) is 82.8 Å². The van der Waals surface area contributed by atoms with E-state index in [9.17, 15) is 0 Å². The first-order valence-corrected chi connectivity index (χ1v) is 8.04. The third-order valence-electron chi connectivity index (χ3n) is 3.68. The van der Waals surface area contributed by atoms with E-state index in [0.29, 0.717) is 0 Å². The van der Waals surface area contributed by atoms with Crippen molar-refractivity contribution in [2.24, 2.45) is 9.98 Å². The average molecular weight is 322 g/mol. The fourth-order valence-corrected chi connectivity index (χ4v) is 2.35. The van der Waals surface area contributed by atoms with Crippen molar-refractivity contribution in [3.63, 3.8) is 0 Å². The molecule has 0 heterocycles. The van der Waals surface area contributed by atoms with E-state index < -0.39 is 0 Å². The lowest BCUT2D eigenvalue weighted by Crippen LogP contribution is -1.84. The third-order valence-corrected chi connectivity index (χ3v) is 3.68. The minimum Gasteiger partial charge on any atom is -0.256 e. The molecular formula is C23H18N2. The van der Waals surface area contributed by atoms with Gasteiger partial charge in [0.1, 0.15) is 0 Å². The molecule has 0 fully saturated rings. The van der Waals surface area contributed by atoms with Crippen LogP contribution >= 0.6 is 0 Å². The highest BCUT2D eigenvalue weighted by molar-refractivity contribution is 5.86. The lowest BCUT2D eigenvalue weighted by atomic mass is 10.1. The smallest absolute Gasteiger partial charge is 0.0642 e. The normalized spacial score (nSPS) is 11.0. The van der Waals surface area contributed by atoms with Crippen LogP contribution in [-0.2, 0) is 0 Å². The summed E-state index contributed by atoms with van der Waals surface area (Å²) in [5.41, 5.74) is 5.92. The molecular weight excluding hydrogens is 304 g/mol. The maximum absolute atomic E-state index is 5.41. The van der Waals surface area contributed by atoms with Crippen LogP contribution in [0, 0.1) is 19.3 Å². The van der Waals surface area contributed by atoms with E-state index in [4.69, 9.17) is 6.42 Å². The van der Waals surface area contributed by atoms with Gasteiger partial charge in [-0.05, 0) is 53.9 Å². The molecule has 0 atom stereocenters. The Kier molecular flexibility index (Phi) is 5.19. The Morgan fingerprint density at radius 2 is 1.32 bits per heavy atom. The van der Waals surface area contributed by atoms with Crippen LogP contribution in [0.1, 0.15) is 22.3 Å². The highest BCUT2D eigenvalue weighted by Gasteiger charge is 1.93. The number of nitrogens with zero attached hydrogens (tertiary/aromatic N) is 2. The largest absolute Gasteiger partial charge is 0.256 e. The van der Waals surface area contributed by atoms with Crippen LogP contribution in [0.2, 0.25) is 0 Å². The standard InChI is InChI=1S/C23H18N2/c1-3-19-7-5-9-23(15-19)25-17-21-12-10-20(11-13-21)16-24-22-8-4-6-18(2)14-22/h1,4-17H,2H3. The van der Waals surface area contributed by atoms with Crippen molar-refractivity contribution >= 4 is 23.8 Å². The van der Waals surface area contributed by atoms with Gasteiger partial charge in [-0.3, -0.25) is 9.98 Å². The van der Waals surface area contributed by atoms with Gasteiger partial charge in [0, 0.05) is 18.0 Å². The van der Waals surface area contributed by atoms with Crippen molar-refractivity contribution in [2.75, 3.05) is 0 Å². The number of rotatable bonds is 4. The maximum Gasteiger partial charge on any atom is 0.0642 e. The van der Waals surface area contributed by atoms with Crippen molar-refractivity contribution < 1.29 is 0 Å². The zero-order chi connectivity index (χ0) is 17.5. The SMILES string of the molecule is C#Cc1cccc(N=Cc2ccc(C=Nc3cccc(C)c3)cc2)c1. The second kappa shape index (κ2) is 7.90. The summed E-state index contributed by atoms with van der Waals surface area (Å²) >= 11 is 0. The number of hydrogen-bond donors (Lipinski definition) is 0. The van der Waals surface area contributed by atoms with Crippen LogP contribution in [-0.4, -0.2) is 12.4 Å². The van der Waals surface area contributed by atoms with Gasteiger partial charge in [-0.25, -0.2) is 0 Å². The Morgan fingerprint density at radius 1 is 0.760 bits per heavy atom. The minimum absolute atomic E-state index is 0.831. The molecule has 25 heavy (non-hydrogen) atoms. The lowest BCUT2D eigenvalue weighted by molar-refractivity contribution is 1.43. The van der Waals surface area contributed by atoms with Gasteiger partial charge in [0.05, 0.1) is 11.4 Å². The fraction of sp³-hybridized carbons (Fsp3) is 0.0435. The summed E-state index contributed by atoms with van der Waals surface area (Å²) in [6.45, 7) is 2.06. The number of terminal acetylenes is 1. The van der Waals surface area contributed by atoms with E-state index in [2.05, 4.69) is 35.0 Å². The second-order valence-corrected chi connectivity index (χ2v) is 5.72. The fourth-order valence-electron chi connectivity index (χ4n) is 2.35. The first-order valence-electron chi connectivity index (χ1n) is 8.04. The topological polar surface area (TPSA) is 24.7 Å². The van der Waals surface area contributed by atoms with Gasteiger partial charge in [-0.1, -0.05) is 48.4 Å². The quantitative estimate of drug-likeness (QED) is 0.449. The average Bonchev–Trinajstić information content (AvgIpc) is 2.66. The van der Waals surface area contributed by atoms with Gasteiger partial charge >= 0.3 is 0 Å². The molecule has 2 nitrogen and oxygen atoms in total. The highest BCUT2D eigenvalue weighted by atomic mass is 14.7. The Bertz CT molecular complexity index is 958. The zero-order valence-corrected chi connectivity index (χ0v) is 14.1. The van der Waals surface area contributed by atoms with Crippen molar-refractivity contribution in [1.29, 1.82) is 0 Å². The molecule has 0 aliphatic heterocycles. The van der Waals surface area contributed by atoms with Gasteiger partial charge < -0.3 is 0 Å². The summed E-state index contributed by atoms with van der Waals surface area (Å²) in [5, 5.41) is 0. The van der Waals surface area contributed by atoms with Crippen molar-refractivity contribution in [2.45, 2.75) is 6.92 Å². The Hall–Kier alpha value is -3.44. The molecule has 0 bridgehead atoms. The van der Waals surface area contributed by atoms with Gasteiger partial charge in [-0.2, -0.15) is 0 Å². The lowest BCUT2D eigenvalue weighted by Gasteiger charge is -1.98. The molecule has 0 aliphatic carbocycles. The van der Waals surface area contributed by atoms with Crippen molar-refractivity contribution in [1.82, 2.24) is 0 Å². The summed E-state index contributed by atoms with van der Waals surface area (Å²) < 4.78 is 0. The molecule has 3 aromatic carbocycles. The third kappa shape index (κ3) is 4.76. The van der Waals surface area contributed by atoms with E-state index in [1.54, 1.807) is 0 Å². The zero-order valence-electron chi connectivity index (χ0n) is 14.1. The van der Waals surface area contributed by atoms with Crippen LogP contribution in [0.5, 0.6) is 0 Å². The van der Waals surface area contributed by atoms with Crippen LogP contribution < -0.4 is 0 Å². The van der Waals surface area contributed by atoms with Crippen LogP contribution in [0.25, 0.3) is 0 Å². The molecule has 3 rings (SSSR count). The van der Waals surface area contributed by atoms with Crippen LogP contribution in [0.4, 0.5) is 11.4 Å². The maximum atomic E-state index is 5.41. The second-order valence-electron chi connectivity index (χ2n) is 5.72. The summed E-state index contributed by atoms with van der Waals surface area (Å²) in [7, 11) is 0. The van der Waals surface area contributed by atoms with Crippen molar-refractivity contribution in [3.05, 3.63) is 95.1 Å². The molecule has 120 valence electrons. The van der Waals surface area contributed by atoms with E-state index in [1.807, 2.05) is 73.1 Å². The van der Waals surface area contributed by atoms with Gasteiger partial charge in [0.15, 0.2) is 0 Å². The van der Waals surface area contributed by atoms with Gasteiger partial charge in [0.2, 0.25) is 0 Å². The molecule has 0 unspecified atom stereocenters. The highest BCUT2D eigenvalue weighted by Crippen LogP contribution is 2.15. The van der Waals surface area contributed by atoms with E-state index in [-0.39, 0.29) is 0 Å². The molecule has 3 aromatic rings. The number of aliphatic imine (C=N–C) groups is 2. The summed E-state index contributed by atoms with van der Waals surface area (Å²) in [5.74, 6) is 2.62. The summed E-state index contributed by atoms with van der Waals surface area (Å²) in [4.78, 5) is 8.97. The summed E-state index contributed by atoms with van der Waals surface area (Å²) in [6.07, 6.45) is 9.10. The van der Waals surface area contributed by atoms with E-state index in [0.717, 1.165) is 28.1 Å². The molecule has 0 aromatic heterocycles. The van der Waals surface area contributed by atoms with Crippen LogP contribution in [0.3, 0.4) is 0 Å². The molecule has 0 spiro atoms.